The maximum absolute atomic E-state index is 14.1. The van der Waals surface area contributed by atoms with Gasteiger partial charge in [-0.3, -0.25) is 9.52 Å². The molecule has 44 heavy (non-hydrogen) atoms. The largest absolute Gasteiger partial charge is 0.416 e. The number of hydrogen-bond donors (Lipinski definition) is 1. The maximum atomic E-state index is 14.1. The molecule has 1 aliphatic carbocycles. The zero-order chi connectivity index (χ0) is 30.9. The van der Waals surface area contributed by atoms with Crippen molar-refractivity contribution in [3.8, 4) is 0 Å². The number of halogens is 3. The number of rotatable bonds is 6. The van der Waals surface area contributed by atoms with Crippen molar-refractivity contribution >= 4 is 33.4 Å². The van der Waals surface area contributed by atoms with Gasteiger partial charge in [0.1, 0.15) is 0 Å². The smallest absolute Gasteiger partial charge is 0.280 e. The van der Waals surface area contributed by atoms with Crippen LogP contribution in [0.25, 0.3) is 6.08 Å². The van der Waals surface area contributed by atoms with Gasteiger partial charge < -0.3 is 0 Å². The first-order valence-corrected chi connectivity index (χ1v) is 15.6. The summed E-state index contributed by atoms with van der Waals surface area (Å²) in [5.41, 5.74) is 2.73. The van der Waals surface area contributed by atoms with E-state index < -0.39 is 27.7 Å². The van der Waals surface area contributed by atoms with Crippen LogP contribution in [0.2, 0.25) is 0 Å². The first-order valence-electron chi connectivity index (χ1n) is 14.1. The van der Waals surface area contributed by atoms with Crippen molar-refractivity contribution in [1.82, 2.24) is 5.01 Å². The summed E-state index contributed by atoms with van der Waals surface area (Å²) in [6, 6.07) is 28.6. The number of benzene rings is 4. The van der Waals surface area contributed by atoms with Gasteiger partial charge in [-0.2, -0.15) is 18.3 Å². The second-order valence-corrected chi connectivity index (χ2v) is 12.5. The Hall–Kier alpha value is -4.70. The topological polar surface area (TPSA) is 78.8 Å². The Morgan fingerprint density at radius 1 is 0.886 bits per heavy atom. The van der Waals surface area contributed by atoms with Gasteiger partial charge in [0.2, 0.25) is 0 Å². The highest BCUT2D eigenvalue weighted by Crippen LogP contribution is 2.45. The highest BCUT2D eigenvalue weighted by Gasteiger charge is 2.44. The van der Waals surface area contributed by atoms with E-state index in [1.165, 1.54) is 35.3 Å². The Morgan fingerprint density at radius 3 is 2.32 bits per heavy atom. The molecule has 1 aliphatic heterocycles. The van der Waals surface area contributed by atoms with E-state index in [-0.39, 0.29) is 28.1 Å². The lowest BCUT2D eigenvalue weighted by Gasteiger charge is -2.29. The fourth-order valence-corrected chi connectivity index (χ4v) is 6.90. The van der Waals surface area contributed by atoms with Crippen molar-refractivity contribution in [3.63, 3.8) is 0 Å². The van der Waals surface area contributed by atoms with Gasteiger partial charge in [0, 0.05) is 17.2 Å². The molecule has 0 saturated heterocycles. The van der Waals surface area contributed by atoms with Crippen LogP contribution in [0, 0.1) is 5.92 Å². The number of carbonyl (C=O) groups excluding carboxylic acids is 1. The average Bonchev–Trinajstić information content (AvgIpc) is 3.42. The molecule has 1 saturated carbocycles. The predicted molar refractivity (Wildman–Crippen MR) is 163 cm³/mol. The average molecular weight is 616 g/mol. The number of nitrogens with one attached hydrogen (secondary N) is 1. The Kier molecular flexibility index (Phi) is 7.85. The van der Waals surface area contributed by atoms with Gasteiger partial charge in [-0.1, -0.05) is 72.8 Å². The van der Waals surface area contributed by atoms with Crippen LogP contribution in [-0.2, 0) is 16.2 Å². The van der Waals surface area contributed by atoms with E-state index in [0.717, 1.165) is 59.9 Å². The summed E-state index contributed by atoms with van der Waals surface area (Å²) < 4.78 is 68.2. The van der Waals surface area contributed by atoms with Crippen LogP contribution in [0.15, 0.2) is 125 Å². The third kappa shape index (κ3) is 6.03. The van der Waals surface area contributed by atoms with E-state index in [9.17, 15) is 26.4 Å². The van der Waals surface area contributed by atoms with Gasteiger partial charge in [0.05, 0.1) is 22.2 Å². The van der Waals surface area contributed by atoms with Crippen LogP contribution in [0.4, 0.5) is 18.9 Å². The van der Waals surface area contributed by atoms with Crippen LogP contribution >= 0.6 is 0 Å². The molecule has 1 fully saturated rings. The van der Waals surface area contributed by atoms with Gasteiger partial charge in [0.25, 0.3) is 15.9 Å². The minimum absolute atomic E-state index is 0.0421. The summed E-state index contributed by atoms with van der Waals surface area (Å²) in [5.74, 6) is -0.518. The van der Waals surface area contributed by atoms with Crippen molar-refractivity contribution in [2.45, 2.75) is 36.4 Å². The van der Waals surface area contributed by atoms with Crippen LogP contribution < -0.4 is 4.72 Å². The number of alkyl halides is 3. The highest BCUT2D eigenvalue weighted by molar-refractivity contribution is 7.92. The minimum atomic E-state index is -4.63. The molecule has 1 N–H and O–H groups in total. The van der Waals surface area contributed by atoms with Crippen molar-refractivity contribution in [2.24, 2.45) is 11.0 Å². The lowest BCUT2D eigenvalue weighted by molar-refractivity contribution is -0.137. The molecule has 224 valence electrons. The molecular formula is C34H28F3N3O3S. The lowest BCUT2D eigenvalue weighted by Crippen LogP contribution is -2.32. The number of hydrazone groups is 1. The molecule has 0 radical (unpaired) electrons. The fourth-order valence-electron chi connectivity index (χ4n) is 5.80. The molecule has 0 unspecified atom stereocenters. The normalized spacial score (nSPS) is 19.4. The van der Waals surface area contributed by atoms with Gasteiger partial charge >= 0.3 is 6.18 Å². The number of hydrogen-bond acceptors (Lipinski definition) is 4. The van der Waals surface area contributed by atoms with Crippen molar-refractivity contribution < 1.29 is 26.4 Å². The van der Waals surface area contributed by atoms with Crippen LogP contribution in [0.3, 0.4) is 0 Å². The van der Waals surface area contributed by atoms with E-state index in [0.29, 0.717) is 0 Å². The molecule has 2 atom stereocenters. The second-order valence-electron chi connectivity index (χ2n) is 10.8. The fraction of sp³-hybridized carbons (Fsp3) is 0.176. The molecule has 0 bridgehead atoms. The predicted octanol–water partition coefficient (Wildman–Crippen LogP) is 7.94. The molecular weight excluding hydrogens is 587 g/mol. The molecule has 1 heterocycles. The number of fused-ring (bicyclic) bond motifs is 1. The standard InChI is InChI=1S/C34H28F3N3O3S/c35-34(36,37)27-16-9-17-28(22-27)39-44(42,43)29-18-7-15-26(21-29)33(41)40-32(24-12-5-2-6-13-24)30-19-8-14-25(31(30)38-40)20-23-10-3-1-4-11-23/h1-7,9-13,15-18,20-22,30,32,39H,8,14,19H2/b25-20-/t30-,32+/m1/s1. The van der Waals surface area contributed by atoms with E-state index in [4.69, 9.17) is 5.10 Å². The van der Waals surface area contributed by atoms with Gasteiger partial charge in [-0.15, -0.1) is 0 Å². The summed E-state index contributed by atoms with van der Waals surface area (Å²) in [7, 11) is -4.32. The Labute approximate surface area is 253 Å². The summed E-state index contributed by atoms with van der Waals surface area (Å²) in [4.78, 5) is 13.8. The second kappa shape index (κ2) is 11.8. The first-order chi connectivity index (χ1) is 21.1. The van der Waals surface area contributed by atoms with Gasteiger partial charge in [0.15, 0.2) is 0 Å². The quantitative estimate of drug-likeness (QED) is 0.239. The number of amides is 1. The van der Waals surface area contributed by atoms with Crippen molar-refractivity contribution in [1.29, 1.82) is 0 Å². The molecule has 1 amide bonds. The van der Waals surface area contributed by atoms with E-state index >= 15 is 0 Å². The molecule has 6 nitrogen and oxygen atoms in total. The monoisotopic (exact) mass is 615 g/mol. The number of nitrogens with zero attached hydrogens (tertiary/aromatic N) is 2. The summed E-state index contributed by atoms with van der Waals surface area (Å²) in [5, 5.41) is 6.32. The van der Waals surface area contributed by atoms with Crippen LogP contribution in [0.1, 0.15) is 52.4 Å². The van der Waals surface area contributed by atoms with E-state index in [1.54, 1.807) is 0 Å². The number of carbonyl (C=O) groups is 1. The molecule has 4 aromatic rings. The highest BCUT2D eigenvalue weighted by atomic mass is 32.2. The number of sulfonamides is 1. The minimum Gasteiger partial charge on any atom is -0.280 e. The zero-order valence-electron chi connectivity index (χ0n) is 23.4. The molecule has 6 rings (SSSR count). The Bertz CT molecular complexity index is 1860. The van der Waals surface area contributed by atoms with Crippen LogP contribution in [0.5, 0.6) is 0 Å². The van der Waals surface area contributed by atoms with Crippen molar-refractivity contribution in [2.75, 3.05) is 4.72 Å². The Morgan fingerprint density at radius 2 is 1.59 bits per heavy atom. The third-order valence-corrected chi connectivity index (χ3v) is 9.20. The SMILES string of the molecule is O=C(c1cccc(S(=O)(=O)Nc2cccc(C(F)(F)F)c2)c1)N1N=C2/C(=C\c3ccccc3)CCC[C@H]2[C@@H]1c1ccccc1. The van der Waals surface area contributed by atoms with Crippen molar-refractivity contribution in [3.05, 3.63) is 137 Å². The lowest BCUT2D eigenvalue weighted by atomic mass is 9.77. The third-order valence-electron chi connectivity index (χ3n) is 7.82. The van der Waals surface area contributed by atoms with Crippen LogP contribution in [-0.4, -0.2) is 25.0 Å². The molecule has 2 aliphatic rings. The molecule has 4 aromatic carbocycles. The molecule has 0 aromatic heterocycles. The number of allylic oxidation sites excluding steroid dienone is 1. The van der Waals surface area contributed by atoms with E-state index in [2.05, 4.69) is 10.8 Å². The molecule has 10 heteroatoms. The van der Waals surface area contributed by atoms with Gasteiger partial charge in [-0.25, -0.2) is 13.4 Å². The summed E-state index contributed by atoms with van der Waals surface area (Å²) >= 11 is 0. The summed E-state index contributed by atoms with van der Waals surface area (Å²) in [6.07, 6.45) is 0.0658. The first kappa shape index (κ1) is 29.4. The molecule has 0 spiro atoms. The Balaban J connectivity index is 1.34. The van der Waals surface area contributed by atoms with Gasteiger partial charge in [-0.05, 0) is 78.4 Å². The summed E-state index contributed by atoms with van der Waals surface area (Å²) in [6.45, 7) is 0. The van der Waals surface area contributed by atoms with E-state index in [1.807, 2.05) is 60.7 Å². The maximum Gasteiger partial charge on any atom is 0.416 e. The number of anilines is 1. The zero-order valence-corrected chi connectivity index (χ0v) is 24.2.